The third-order valence-electron chi connectivity index (χ3n) is 1.08. The topological polar surface area (TPSA) is 75.6 Å². The summed E-state index contributed by atoms with van der Waals surface area (Å²) < 4.78 is 0. The fourth-order valence-electron chi connectivity index (χ4n) is 0.630. The van der Waals surface area contributed by atoms with Crippen molar-refractivity contribution in [3.8, 4) is 0 Å². The molecule has 4 N–H and O–H groups in total. The van der Waals surface area contributed by atoms with E-state index in [1.807, 2.05) is 0 Å². The van der Waals surface area contributed by atoms with Crippen LogP contribution in [0.25, 0.3) is 0 Å². The monoisotopic (exact) mass is 146 g/mol. The zero-order valence-electron chi connectivity index (χ0n) is 6.37. The SMILES string of the molecule is CN(C)N(CCN)C(N)=O. The van der Waals surface area contributed by atoms with Crippen LogP contribution in [0.2, 0.25) is 0 Å². The number of urea groups is 1. The van der Waals surface area contributed by atoms with Crippen LogP contribution in [-0.2, 0) is 0 Å². The van der Waals surface area contributed by atoms with Crippen LogP contribution in [0.3, 0.4) is 0 Å². The maximum Gasteiger partial charge on any atom is 0.329 e. The van der Waals surface area contributed by atoms with Crippen molar-refractivity contribution in [3.63, 3.8) is 0 Å². The molecular formula is C5H14N4O. The molecule has 5 nitrogen and oxygen atoms in total. The highest BCUT2D eigenvalue weighted by Gasteiger charge is 2.09. The molecule has 60 valence electrons. The number of hydrazine groups is 1. The summed E-state index contributed by atoms with van der Waals surface area (Å²) in [6.07, 6.45) is 0. The van der Waals surface area contributed by atoms with Gasteiger partial charge in [0, 0.05) is 20.6 Å². The molecule has 0 bridgehead atoms. The molecule has 10 heavy (non-hydrogen) atoms. The molecule has 0 aliphatic rings. The molecule has 0 aliphatic heterocycles. The quantitative estimate of drug-likeness (QED) is 0.491. The predicted octanol–water partition coefficient (Wildman–Crippen LogP) is -1.20. The van der Waals surface area contributed by atoms with E-state index in [4.69, 9.17) is 11.5 Å². The molecule has 0 aromatic carbocycles. The van der Waals surface area contributed by atoms with Crippen molar-refractivity contribution in [2.24, 2.45) is 11.5 Å². The van der Waals surface area contributed by atoms with Gasteiger partial charge in [-0.2, -0.15) is 0 Å². The van der Waals surface area contributed by atoms with Gasteiger partial charge in [-0.05, 0) is 0 Å². The van der Waals surface area contributed by atoms with Crippen LogP contribution in [0, 0.1) is 0 Å². The minimum Gasteiger partial charge on any atom is -0.350 e. The second-order valence-corrected chi connectivity index (χ2v) is 2.10. The maximum atomic E-state index is 10.6. The lowest BCUT2D eigenvalue weighted by molar-refractivity contribution is 0.0715. The molecule has 0 aromatic rings. The van der Waals surface area contributed by atoms with Crippen LogP contribution in [-0.4, -0.2) is 43.2 Å². The van der Waals surface area contributed by atoms with Crippen molar-refractivity contribution in [1.29, 1.82) is 0 Å². The predicted molar refractivity (Wildman–Crippen MR) is 39.0 cm³/mol. The highest BCUT2D eigenvalue weighted by Crippen LogP contribution is 1.87. The summed E-state index contributed by atoms with van der Waals surface area (Å²) in [6, 6.07) is -0.476. The Morgan fingerprint density at radius 2 is 2.00 bits per heavy atom. The molecule has 0 saturated heterocycles. The van der Waals surface area contributed by atoms with E-state index in [9.17, 15) is 4.79 Å². The highest BCUT2D eigenvalue weighted by molar-refractivity contribution is 5.71. The minimum atomic E-state index is -0.476. The third kappa shape index (κ3) is 2.65. The van der Waals surface area contributed by atoms with E-state index in [1.165, 1.54) is 5.01 Å². The van der Waals surface area contributed by atoms with Crippen molar-refractivity contribution < 1.29 is 4.79 Å². The van der Waals surface area contributed by atoms with Gasteiger partial charge in [0.05, 0.1) is 6.54 Å². The Labute approximate surface area is 60.5 Å². The Balaban J connectivity index is 3.85. The van der Waals surface area contributed by atoms with Crippen molar-refractivity contribution >= 4 is 6.03 Å². The summed E-state index contributed by atoms with van der Waals surface area (Å²) in [6.45, 7) is 0.878. The summed E-state index contributed by atoms with van der Waals surface area (Å²) in [7, 11) is 3.47. The lowest BCUT2D eigenvalue weighted by Crippen LogP contribution is -2.47. The van der Waals surface area contributed by atoms with Crippen LogP contribution in [0.5, 0.6) is 0 Å². The molecule has 2 amide bonds. The number of primary amides is 1. The first kappa shape index (κ1) is 9.19. The summed E-state index contributed by atoms with van der Waals surface area (Å²) in [5.74, 6) is 0. The number of hydrogen-bond donors (Lipinski definition) is 2. The van der Waals surface area contributed by atoms with Crippen LogP contribution >= 0.6 is 0 Å². The molecule has 0 aromatic heterocycles. The van der Waals surface area contributed by atoms with Gasteiger partial charge >= 0.3 is 6.03 Å². The van der Waals surface area contributed by atoms with Gasteiger partial charge in [0.1, 0.15) is 0 Å². The minimum absolute atomic E-state index is 0.418. The van der Waals surface area contributed by atoms with Crippen LogP contribution in [0.15, 0.2) is 0 Å². The average molecular weight is 146 g/mol. The fraction of sp³-hybridized carbons (Fsp3) is 0.800. The van der Waals surface area contributed by atoms with E-state index < -0.39 is 6.03 Å². The molecule has 0 rings (SSSR count). The Morgan fingerprint density at radius 1 is 1.50 bits per heavy atom. The number of nitrogens with zero attached hydrogens (tertiary/aromatic N) is 2. The Kier molecular flexibility index (Phi) is 3.75. The van der Waals surface area contributed by atoms with Gasteiger partial charge < -0.3 is 11.5 Å². The first-order chi connectivity index (χ1) is 4.59. The third-order valence-corrected chi connectivity index (χ3v) is 1.08. The number of amides is 2. The molecule has 0 aliphatic carbocycles. The standard InChI is InChI=1S/C5H14N4O/c1-8(2)9(4-3-6)5(7)10/h3-4,6H2,1-2H3,(H2,7,10). The fourth-order valence-corrected chi connectivity index (χ4v) is 0.630. The Hall–Kier alpha value is -0.810. The second kappa shape index (κ2) is 4.08. The first-order valence-electron chi connectivity index (χ1n) is 3.04. The summed E-state index contributed by atoms with van der Waals surface area (Å²) in [5.41, 5.74) is 10.2. The maximum absolute atomic E-state index is 10.6. The lowest BCUT2D eigenvalue weighted by Gasteiger charge is -2.25. The van der Waals surface area contributed by atoms with Gasteiger partial charge in [-0.1, -0.05) is 0 Å². The van der Waals surface area contributed by atoms with E-state index in [-0.39, 0.29) is 0 Å². The summed E-state index contributed by atoms with van der Waals surface area (Å²) in [5, 5.41) is 2.97. The largest absolute Gasteiger partial charge is 0.350 e. The second-order valence-electron chi connectivity index (χ2n) is 2.10. The van der Waals surface area contributed by atoms with Crippen LogP contribution in [0.4, 0.5) is 4.79 Å². The average Bonchev–Trinajstić information content (AvgIpc) is 1.81. The lowest BCUT2D eigenvalue weighted by atomic mass is 10.6. The number of nitrogens with two attached hydrogens (primary N) is 2. The number of hydrogen-bond acceptors (Lipinski definition) is 3. The number of rotatable bonds is 3. The normalized spacial score (nSPS) is 10.0. The zero-order valence-corrected chi connectivity index (χ0v) is 6.37. The number of carbonyl (C=O) groups excluding carboxylic acids is 1. The van der Waals surface area contributed by atoms with Crippen LogP contribution in [0.1, 0.15) is 0 Å². The smallest absolute Gasteiger partial charge is 0.329 e. The van der Waals surface area contributed by atoms with E-state index in [1.54, 1.807) is 19.1 Å². The van der Waals surface area contributed by atoms with Crippen LogP contribution < -0.4 is 11.5 Å². The summed E-state index contributed by atoms with van der Waals surface area (Å²) in [4.78, 5) is 10.6. The summed E-state index contributed by atoms with van der Waals surface area (Å²) >= 11 is 0. The van der Waals surface area contributed by atoms with Gasteiger partial charge in [-0.15, -0.1) is 0 Å². The van der Waals surface area contributed by atoms with Crippen molar-refractivity contribution in [2.75, 3.05) is 27.2 Å². The zero-order chi connectivity index (χ0) is 8.15. The van der Waals surface area contributed by atoms with Gasteiger partial charge in [-0.25, -0.2) is 9.80 Å². The van der Waals surface area contributed by atoms with Gasteiger partial charge in [0.25, 0.3) is 0 Å². The van der Waals surface area contributed by atoms with Crippen molar-refractivity contribution in [3.05, 3.63) is 0 Å². The highest BCUT2D eigenvalue weighted by atomic mass is 16.2. The Bertz CT molecular complexity index is 114. The Morgan fingerprint density at radius 3 is 2.10 bits per heavy atom. The van der Waals surface area contributed by atoms with Crippen molar-refractivity contribution in [1.82, 2.24) is 10.0 Å². The van der Waals surface area contributed by atoms with Crippen molar-refractivity contribution in [2.45, 2.75) is 0 Å². The van der Waals surface area contributed by atoms with Gasteiger partial charge in [0.15, 0.2) is 0 Å². The van der Waals surface area contributed by atoms with E-state index in [2.05, 4.69) is 0 Å². The molecule has 0 fully saturated rings. The molecule has 0 spiro atoms. The molecule has 0 unspecified atom stereocenters. The molecule has 0 heterocycles. The molecular weight excluding hydrogens is 132 g/mol. The number of carbonyl (C=O) groups is 1. The van der Waals surface area contributed by atoms with E-state index in [0.717, 1.165) is 0 Å². The molecule has 0 atom stereocenters. The first-order valence-corrected chi connectivity index (χ1v) is 3.04. The molecule has 5 heteroatoms. The molecule has 0 radical (unpaired) electrons. The van der Waals surface area contributed by atoms with Gasteiger partial charge in [-0.3, -0.25) is 5.01 Å². The van der Waals surface area contributed by atoms with Gasteiger partial charge in [0.2, 0.25) is 0 Å². The van der Waals surface area contributed by atoms with E-state index >= 15 is 0 Å². The molecule has 0 saturated carbocycles. The van der Waals surface area contributed by atoms with E-state index in [0.29, 0.717) is 13.1 Å².